The second-order valence-corrected chi connectivity index (χ2v) is 6.62. The molecule has 124 valence electrons. The van der Waals surface area contributed by atoms with Crippen LogP contribution in [0, 0.1) is 5.92 Å². The minimum absolute atomic E-state index is 0.0325. The van der Waals surface area contributed by atoms with Crippen molar-refractivity contribution < 1.29 is 9.59 Å². The molecule has 0 aromatic heterocycles. The van der Waals surface area contributed by atoms with Gasteiger partial charge in [0.25, 0.3) is 0 Å². The van der Waals surface area contributed by atoms with Crippen molar-refractivity contribution in [3.05, 3.63) is 30.3 Å². The Hall–Kier alpha value is -1.88. The smallest absolute Gasteiger partial charge is 0.237 e. The molecule has 0 unspecified atom stereocenters. The largest absolute Gasteiger partial charge is 0.352 e. The summed E-state index contributed by atoms with van der Waals surface area (Å²) in [4.78, 5) is 26.6. The molecule has 5 heteroatoms. The lowest BCUT2D eigenvalue weighted by Gasteiger charge is -2.34. The van der Waals surface area contributed by atoms with Crippen LogP contribution in [0.15, 0.2) is 30.3 Å². The molecule has 1 saturated heterocycles. The number of nitrogens with zero attached hydrogens (tertiary/aromatic N) is 1. The van der Waals surface area contributed by atoms with Gasteiger partial charge in [0.05, 0.1) is 6.04 Å². The molecule has 2 N–H and O–H groups in total. The molecular formula is C18H25N3O2. The fourth-order valence-electron chi connectivity index (χ4n) is 3.03. The molecule has 1 saturated carbocycles. The van der Waals surface area contributed by atoms with E-state index >= 15 is 0 Å². The standard InChI is InChI=1S/C18H25N3O2/c1-13(17(22)19-16-7-8-16)21-11-9-14(10-12-21)18(23)20-15-5-3-2-4-6-15/h2-6,13-14,16H,7-12H2,1H3,(H,19,22)(H,20,23)/t13-/m0/s1. The molecular weight excluding hydrogens is 290 g/mol. The van der Waals surface area contributed by atoms with E-state index in [9.17, 15) is 9.59 Å². The SMILES string of the molecule is C[C@@H](C(=O)NC1CC1)N1CCC(C(=O)Nc2ccccc2)CC1. The summed E-state index contributed by atoms with van der Waals surface area (Å²) in [5.74, 6) is 0.246. The van der Waals surface area contributed by atoms with E-state index in [4.69, 9.17) is 0 Å². The van der Waals surface area contributed by atoms with E-state index in [0.717, 1.165) is 44.5 Å². The van der Waals surface area contributed by atoms with Crippen LogP contribution in [0.1, 0.15) is 32.6 Å². The van der Waals surface area contributed by atoms with E-state index in [-0.39, 0.29) is 23.8 Å². The number of benzene rings is 1. The van der Waals surface area contributed by atoms with Crippen molar-refractivity contribution in [2.75, 3.05) is 18.4 Å². The zero-order valence-corrected chi connectivity index (χ0v) is 13.6. The number of hydrogen-bond acceptors (Lipinski definition) is 3. The quantitative estimate of drug-likeness (QED) is 0.874. The molecule has 0 radical (unpaired) electrons. The monoisotopic (exact) mass is 315 g/mol. The Morgan fingerprint density at radius 3 is 2.35 bits per heavy atom. The van der Waals surface area contributed by atoms with Gasteiger partial charge in [0, 0.05) is 17.6 Å². The van der Waals surface area contributed by atoms with Crippen LogP contribution < -0.4 is 10.6 Å². The number of nitrogens with one attached hydrogen (secondary N) is 2. The number of amides is 2. The molecule has 2 amide bonds. The third-order valence-electron chi connectivity index (χ3n) is 4.79. The number of rotatable bonds is 5. The average Bonchev–Trinajstić information content (AvgIpc) is 3.39. The minimum atomic E-state index is -0.103. The maximum Gasteiger partial charge on any atom is 0.237 e. The Bertz CT molecular complexity index is 549. The predicted molar refractivity (Wildman–Crippen MR) is 90.0 cm³/mol. The summed E-state index contributed by atoms with van der Waals surface area (Å²) in [6, 6.07) is 9.86. The first-order chi connectivity index (χ1) is 11.1. The second kappa shape index (κ2) is 7.13. The number of piperidine rings is 1. The van der Waals surface area contributed by atoms with Crippen LogP contribution in [0.3, 0.4) is 0 Å². The lowest BCUT2D eigenvalue weighted by molar-refractivity contribution is -0.127. The van der Waals surface area contributed by atoms with Gasteiger partial charge in [-0.25, -0.2) is 0 Å². The maximum atomic E-state index is 12.3. The Morgan fingerprint density at radius 1 is 1.09 bits per heavy atom. The Morgan fingerprint density at radius 2 is 1.74 bits per heavy atom. The van der Waals surface area contributed by atoms with Crippen molar-refractivity contribution in [2.24, 2.45) is 5.92 Å². The number of carbonyl (C=O) groups is 2. The molecule has 1 heterocycles. The molecule has 3 rings (SSSR count). The van der Waals surface area contributed by atoms with Gasteiger partial charge in [0.1, 0.15) is 0 Å². The van der Waals surface area contributed by atoms with E-state index in [2.05, 4.69) is 15.5 Å². The molecule has 1 aromatic rings. The number of hydrogen-bond donors (Lipinski definition) is 2. The van der Waals surface area contributed by atoms with Crippen molar-refractivity contribution in [1.29, 1.82) is 0 Å². The van der Waals surface area contributed by atoms with Gasteiger partial charge in [-0.05, 0) is 57.8 Å². The predicted octanol–water partition coefficient (Wildman–Crippen LogP) is 2.00. The van der Waals surface area contributed by atoms with Gasteiger partial charge in [-0.15, -0.1) is 0 Å². The van der Waals surface area contributed by atoms with Crippen molar-refractivity contribution in [3.8, 4) is 0 Å². The first-order valence-corrected chi connectivity index (χ1v) is 8.54. The number of likely N-dealkylation sites (tertiary alicyclic amines) is 1. The maximum absolute atomic E-state index is 12.3. The molecule has 1 aliphatic heterocycles. The van der Waals surface area contributed by atoms with Crippen LogP contribution in [0.4, 0.5) is 5.69 Å². The van der Waals surface area contributed by atoms with E-state index in [0.29, 0.717) is 6.04 Å². The normalized spacial score (nSPS) is 20.7. The van der Waals surface area contributed by atoms with Crippen LogP contribution in [0.5, 0.6) is 0 Å². The van der Waals surface area contributed by atoms with E-state index in [1.807, 2.05) is 37.3 Å². The fraction of sp³-hybridized carbons (Fsp3) is 0.556. The molecule has 2 fully saturated rings. The van der Waals surface area contributed by atoms with Crippen LogP contribution >= 0.6 is 0 Å². The van der Waals surface area contributed by atoms with Crippen LogP contribution in [0.2, 0.25) is 0 Å². The summed E-state index contributed by atoms with van der Waals surface area (Å²) >= 11 is 0. The van der Waals surface area contributed by atoms with Crippen LogP contribution in [-0.2, 0) is 9.59 Å². The van der Waals surface area contributed by atoms with Gasteiger partial charge in [-0.1, -0.05) is 18.2 Å². The second-order valence-electron chi connectivity index (χ2n) is 6.62. The third kappa shape index (κ3) is 4.32. The van der Waals surface area contributed by atoms with Gasteiger partial charge in [0.2, 0.25) is 11.8 Å². The topological polar surface area (TPSA) is 61.4 Å². The lowest BCUT2D eigenvalue weighted by Crippen LogP contribution is -2.49. The highest BCUT2D eigenvalue weighted by Gasteiger charge is 2.32. The Balaban J connectivity index is 1.45. The molecule has 1 aromatic carbocycles. The summed E-state index contributed by atoms with van der Waals surface area (Å²) in [6.07, 6.45) is 3.83. The Labute approximate surface area is 137 Å². The fourth-order valence-corrected chi connectivity index (χ4v) is 3.03. The van der Waals surface area contributed by atoms with Gasteiger partial charge in [-0.2, -0.15) is 0 Å². The highest BCUT2D eigenvalue weighted by molar-refractivity contribution is 5.92. The van der Waals surface area contributed by atoms with E-state index in [1.54, 1.807) is 0 Å². The van der Waals surface area contributed by atoms with Crippen molar-refractivity contribution in [1.82, 2.24) is 10.2 Å². The van der Waals surface area contributed by atoms with Crippen molar-refractivity contribution in [2.45, 2.75) is 44.7 Å². The first-order valence-electron chi connectivity index (χ1n) is 8.54. The zero-order chi connectivity index (χ0) is 16.2. The average molecular weight is 315 g/mol. The van der Waals surface area contributed by atoms with Gasteiger partial charge >= 0.3 is 0 Å². The van der Waals surface area contributed by atoms with Crippen LogP contribution in [0.25, 0.3) is 0 Å². The number of anilines is 1. The number of carbonyl (C=O) groups excluding carboxylic acids is 2. The molecule has 5 nitrogen and oxygen atoms in total. The summed E-state index contributed by atoms with van der Waals surface area (Å²) in [6.45, 7) is 3.56. The summed E-state index contributed by atoms with van der Waals surface area (Å²) in [7, 11) is 0. The molecule has 1 atom stereocenters. The highest BCUT2D eigenvalue weighted by Crippen LogP contribution is 2.22. The highest BCUT2D eigenvalue weighted by atomic mass is 16.2. The van der Waals surface area contributed by atoms with E-state index in [1.165, 1.54) is 0 Å². The van der Waals surface area contributed by atoms with Gasteiger partial charge in [0.15, 0.2) is 0 Å². The molecule has 0 spiro atoms. The molecule has 1 aliphatic carbocycles. The zero-order valence-electron chi connectivity index (χ0n) is 13.6. The molecule has 0 bridgehead atoms. The summed E-state index contributed by atoms with van der Waals surface area (Å²) < 4.78 is 0. The van der Waals surface area contributed by atoms with Gasteiger partial charge in [-0.3, -0.25) is 14.5 Å². The van der Waals surface area contributed by atoms with Crippen molar-refractivity contribution >= 4 is 17.5 Å². The molecule has 2 aliphatic rings. The van der Waals surface area contributed by atoms with Crippen molar-refractivity contribution in [3.63, 3.8) is 0 Å². The summed E-state index contributed by atoms with van der Waals surface area (Å²) in [5.41, 5.74) is 0.845. The lowest BCUT2D eigenvalue weighted by atomic mass is 9.94. The van der Waals surface area contributed by atoms with Crippen LogP contribution in [-0.4, -0.2) is 41.9 Å². The third-order valence-corrected chi connectivity index (χ3v) is 4.79. The first kappa shape index (κ1) is 16.0. The summed E-state index contributed by atoms with van der Waals surface area (Å²) in [5, 5.41) is 6.03. The molecule has 23 heavy (non-hydrogen) atoms. The minimum Gasteiger partial charge on any atom is -0.352 e. The van der Waals surface area contributed by atoms with Gasteiger partial charge < -0.3 is 10.6 Å². The Kier molecular flexibility index (Phi) is 4.96. The number of para-hydroxylation sites is 1. The van der Waals surface area contributed by atoms with E-state index < -0.39 is 0 Å².